The van der Waals surface area contributed by atoms with E-state index in [-0.39, 0.29) is 10.9 Å². The summed E-state index contributed by atoms with van der Waals surface area (Å²) in [6.07, 6.45) is 2.88. The normalized spacial score (nSPS) is 18.8. The van der Waals surface area contributed by atoms with Crippen LogP contribution < -0.4 is 10.5 Å². The van der Waals surface area contributed by atoms with E-state index in [9.17, 15) is 8.42 Å². The number of nitrogens with two attached hydrogens (primary N) is 1. The van der Waals surface area contributed by atoms with E-state index in [0.29, 0.717) is 18.1 Å². The Bertz CT molecular complexity index is 975. The molecule has 0 aliphatic carbocycles. The van der Waals surface area contributed by atoms with Crippen molar-refractivity contribution >= 4 is 44.1 Å². The third-order valence-corrected chi connectivity index (χ3v) is 7.75. The average Bonchev–Trinajstić information content (AvgIpc) is 2.68. The lowest BCUT2D eigenvalue weighted by Crippen LogP contribution is -2.41. The van der Waals surface area contributed by atoms with E-state index in [1.165, 1.54) is 0 Å². The van der Waals surface area contributed by atoms with E-state index in [1.54, 1.807) is 35.7 Å². The molecule has 1 fully saturated rings. The number of ether oxygens (including phenoxy) is 1. The van der Waals surface area contributed by atoms with E-state index >= 15 is 0 Å². The van der Waals surface area contributed by atoms with Crippen LogP contribution in [-0.4, -0.2) is 38.3 Å². The fourth-order valence-corrected chi connectivity index (χ4v) is 5.72. The van der Waals surface area contributed by atoms with Gasteiger partial charge in [0.15, 0.2) is 0 Å². The van der Waals surface area contributed by atoms with Crippen LogP contribution in [0.5, 0.6) is 5.75 Å². The van der Waals surface area contributed by atoms with Crippen molar-refractivity contribution in [1.29, 1.82) is 0 Å². The molecule has 28 heavy (non-hydrogen) atoms. The highest BCUT2D eigenvalue weighted by atomic mass is 127. The zero-order valence-corrected chi connectivity index (χ0v) is 18.9. The summed E-state index contributed by atoms with van der Waals surface area (Å²) in [6.45, 7) is 2.54. The van der Waals surface area contributed by atoms with Crippen molar-refractivity contribution in [2.45, 2.75) is 37.1 Å². The topological polar surface area (TPSA) is 85.0 Å². The van der Waals surface area contributed by atoms with Crippen molar-refractivity contribution in [2.75, 3.05) is 13.7 Å². The highest BCUT2D eigenvalue weighted by molar-refractivity contribution is 14.1. The number of benzene rings is 2. The van der Waals surface area contributed by atoms with Gasteiger partial charge in [0.2, 0.25) is 10.0 Å². The van der Waals surface area contributed by atoms with Gasteiger partial charge in [0.1, 0.15) is 11.6 Å². The molecule has 3 rings (SSSR count). The molecule has 2 aromatic carbocycles. The van der Waals surface area contributed by atoms with Gasteiger partial charge in [0.25, 0.3) is 0 Å². The van der Waals surface area contributed by atoms with Crippen molar-refractivity contribution < 1.29 is 13.2 Å². The van der Waals surface area contributed by atoms with Crippen LogP contribution in [0.3, 0.4) is 0 Å². The number of rotatable bonds is 5. The van der Waals surface area contributed by atoms with Gasteiger partial charge < -0.3 is 10.5 Å². The molecule has 2 aromatic rings. The van der Waals surface area contributed by atoms with Gasteiger partial charge >= 0.3 is 0 Å². The lowest BCUT2D eigenvalue weighted by molar-refractivity contribution is 0.268. The van der Waals surface area contributed by atoms with Crippen molar-refractivity contribution in [3.05, 3.63) is 51.6 Å². The third-order valence-electron chi connectivity index (χ3n) is 4.88. The summed E-state index contributed by atoms with van der Waals surface area (Å²) in [5.74, 6) is 1.14. The maximum Gasteiger partial charge on any atom is 0.243 e. The van der Waals surface area contributed by atoms with Gasteiger partial charge in [-0.3, -0.25) is 0 Å². The minimum absolute atomic E-state index is 0.0321. The van der Waals surface area contributed by atoms with Gasteiger partial charge in [-0.15, -0.1) is 0 Å². The van der Waals surface area contributed by atoms with E-state index in [1.807, 2.05) is 25.1 Å². The Morgan fingerprint density at radius 3 is 2.54 bits per heavy atom. The number of halogens is 1. The molecule has 0 bridgehead atoms. The Kier molecular flexibility index (Phi) is 6.61. The van der Waals surface area contributed by atoms with Gasteiger partial charge in [0.05, 0.1) is 21.3 Å². The average molecular weight is 513 g/mol. The van der Waals surface area contributed by atoms with Crippen molar-refractivity contribution in [3.63, 3.8) is 0 Å². The molecule has 1 aliphatic heterocycles. The number of hydrogen-bond donors (Lipinski definition) is 1. The summed E-state index contributed by atoms with van der Waals surface area (Å²) in [7, 11) is -1.86. The Hall–Kier alpha value is -1.65. The van der Waals surface area contributed by atoms with Crippen molar-refractivity contribution in [3.8, 4) is 5.75 Å². The van der Waals surface area contributed by atoms with Gasteiger partial charge in [-0.2, -0.15) is 4.31 Å². The van der Waals surface area contributed by atoms with Crippen molar-refractivity contribution in [1.82, 2.24) is 4.31 Å². The number of piperidine rings is 1. The summed E-state index contributed by atoms with van der Waals surface area (Å²) in [5, 5.41) is 0. The second-order valence-corrected chi connectivity index (χ2v) is 9.85. The van der Waals surface area contributed by atoms with Crippen LogP contribution in [0.2, 0.25) is 0 Å². The van der Waals surface area contributed by atoms with Crippen LogP contribution in [-0.2, 0) is 10.0 Å². The van der Waals surface area contributed by atoms with Crippen LogP contribution in [0.15, 0.2) is 52.4 Å². The van der Waals surface area contributed by atoms with E-state index < -0.39 is 10.0 Å². The highest BCUT2D eigenvalue weighted by Gasteiger charge is 2.30. The summed E-state index contributed by atoms with van der Waals surface area (Å²) >= 11 is 2.18. The number of aliphatic imine (C=N–C) groups is 1. The smallest absolute Gasteiger partial charge is 0.243 e. The summed E-state index contributed by atoms with van der Waals surface area (Å²) in [6, 6.07) is 12.2. The van der Waals surface area contributed by atoms with Gasteiger partial charge in [-0.05, 0) is 84.8 Å². The quantitative estimate of drug-likeness (QED) is 0.374. The molecule has 1 atom stereocenters. The first-order valence-electron chi connectivity index (χ1n) is 9.13. The van der Waals surface area contributed by atoms with Gasteiger partial charge in [0, 0.05) is 18.2 Å². The molecule has 1 heterocycles. The maximum atomic E-state index is 12.9. The zero-order valence-electron chi connectivity index (χ0n) is 15.9. The summed E-state index contributed by atoms with van der Waals surface area (Å²) < 4.78 is 33.6. The monoisotopic (exact) mass is 513 g/mol. The largest absolute Gasteiger partial charge is 0.496 e. The summed E-state index contributed by atoms with van der Waals surface area (Å²) in [5.41, 5.74) is 7.51. The predicted octanol–water partition coefficient (Wildman–Crippen LogP) is 3.90. The minimum Gasteiger partial charge on any atom is -0.496 e. The number of hydrogen-bond acceptors (Lipinski definition) is 4. The molecule has 0 saturated carbocycles. The van der Waals surface area contributed by atoms with E-state index in [2.05, 4.69) is 27.6 Å². The van der Waals surface area contributed by atoms with Crippen LogP contribution >= 0.6 is 22.6 Å². The Morgan fingerprint density at radius 2 is 1.93 bits per heavy atom. The third kappa shape index (κ3) is 4.49. The molecule has 1 saturated heterocycles. The van der Waals surface area contributed by atoms with Crippen LogP contribution in [0.4, 0.5) is 5.69 Å². The first kappa shape index (κ1) is 21.1. The van der Waals surface area contributed by atoms with E-state index in [0.717, 1.165) is 34.1 Å². The molecule has 150 valence electrons. The highest BCUT2D eigenvalue weighted by Crippen LogP contribution is 2.27. The Morgan fingerprint density at radius 1 is 1.21 bits per heavy atom. The fourth-order valence-electron chi connectivity index (χ4n) is 3.29. The first-order chi connectivity index (χ1) is 13.3. The molecule has 0 aromatic heterocycles. The van der Waals surface area contributed by atoms with Crippen molar-refractivity contribution in [2.24, 2.45) is 10.7 Å². The first-order valence-corrected chi connectivity index (χ1v) is 11.6. The maximum absolute atomic E-state index is 12.9. The standard InChI is InChI=1S/C20H24IN3O3S/c1-14-5-3-4-12-24(14)28(25,26)17-9-7-16(8-10-17)23-20(22)15-6-11-19(27-2)18(21)13-15/h6-11,13-14H,3-5,12H2,1-2H3,(H2,22,23). The molecule has 6 nitrogen and oxygen atoms in total. The lowest BCUT2D eigenvalue weighted by atomic mass is 10.1. The Labute approximate surface area is 180 Å². The minimum atomic E-state index is -3.48. The molecule has 1 aliphatic rings. The number of nitrogens with zero attached hydrogens (tertiary/aromatic N) is 2. The SMILES string of the molecule is COc1ccc(C(N)=Nc2ccc(S(=O)(=O)N3CCCCC3C)cc2)cc1I. The van der Waals surface area contributed by atoms with Crippen LogP contribution in [0.25, 0.3) is 0 Å². The number of amidine groups is 1. The van der Waals surface area contributed by atoms with Gasteiger partial charge in [-0.1, -0.05) is 6.42 Å². The molecular weight excluding hydrogens is 489 g/mol. The van der Waals surface area contributed by atoms with Crippen LogP contribution in [0, 0.1) is 3.57 Å². The zero-order chi connectivity index (χ0) is 20.3. The molecular formula is C20H24IN3O3S. The molecule has 0 spiro atoms. The number of methoxy groups -OCH3 is 1. The van der Waals surface area contributed by atoms with Gasteiger partial charge in [-0.25, -0.2) is 13.4 Å². The molecule has 2 N–H and O–H groups in total. The molecule has 1 unspecified atom stereocenters. The predicted molar refractivity (Wildman–Crippen MR) is 120 cm³/mol. The van der Waals surface area contributed by atoms with E-state index in [4.69, 9.17) is 10.5 Å². The Balaban J connectivity index is 1.82. The number of sulfonamides is 1. The molecule has 0 radical (unpaired) electrons. The summed E-state index contributed by atoms with van der Waals surface area (Å²) in [4.78, 5) is 4.71. The molecule has 0 amide bonds. The second kappa shape index (κ2) is 8.79. The lowest BCUT2D eigenvalue weighted by Gasteiger charge is -2.32. The second-order valence-electron chi connectivity index (χ2n) is 6.80. The fraction of sp³-hybridized carbons (Fsp3) is 0.350. The molecule has 8 heteroatoms. The van der Waals surface area contributed by atoms with Crippen LogP contribution in [0.1, 0.15) is 31.7 Å².